The molecule has 6 nitrogen and oxygen atoms in total. The number of benzene rings is 2. The molecule has 2 aromatic carbocycles. The number of para-hydroxylation sites is 1. The predicted octanol–water partition coefficient (Wildman–Crippen LogP) is 2.85. The van der Waals surface area contributed by atoms with E-state index in [9.17, 15) is 13.2 Å². The first-order valence-electron chi connectivity index (χ1n) is 9.09. The van der Waals surface area contributed by atoms with Crippen LogP contribution in [0.3, 0.4) is 0 Å². The average molecular weight is 422 g/mol. The third-order valence-electron chi connectivity index (χ3n) is 4.91. The lowest BCUT2D eigenvalue weighted by atomic mass is 10.1. The number of anilines is 1. The summed E-state index contributed by atoms with van der Waals surface area (Å²) >= 11 is 6.04. The molecule has 1 saturated heterocycles. The van der Waals surface area contributed by atoms with Gasteiger partial charge in [0.05, 0.1) is 5.02 Å². The van der Waals surface area contributed by atoms with Gasteiger partial charge in [0.1, 0.15) is 4.90 Å². The first-order valence-corrected chi connectivity index (χ1v) is 10.9. The van der Waals surface area contributed by atoms with E-state index in [0.29, 0.717) is 12.5 Å². The monoisotopic (exact) mass is 421 g/mol. The minimum absolute atomic E-state index is 0.0667. The van der Waals surface area contributed by atoms with Crippen molar-refractivity contribution in [3.05, 3.63) is 59.1 Å². The first kappa shape index (κ1) is 20.6. The summed E-state index contributed by atoms with van der Waals surface area (Å²) in [4.78, 5) is 14.8. The summed E-state index contributed by atoms with van der Waals surface area (Å²) < 4.78 is 25.8. The summed E-state index contributed by atoms with van der Waals surface area (Å²) in [6.07, 6.45) is 0.996. The zero-order valence-electron chi connectivity index (χ0n) is 15.9. The molecule has 0 radical (unpaired) electrons. The predicted molar refractivity (Wildman–Crippen MR) is 111 cm³/mol. The summed E-state index contributed by atoms with van der Waals surface area (Å²) in [5.41, 5.74) is 1.47. The van der Waals surface area contributed by atoms with Crippen molar-refractivity contribution < 1.29 is 13.2 Å². The van der Waals surface area contributed by atoms with Crippen molar-refractivity contribution in [1.29, 1.82) is 0 Å². The lowest BCUT2D eigenvalue weighted by molar-refractivity contribution is 0.0948. The van der Waals surface area contributed by atoms with E-state index in [2.05, 4.69) is 22.3 Å². The molecule has 1 aliphatic heterocycles. The van der Waals surface area contributed by atoms with Crippen LogP contribution in [0.1, 0.15) is 16.8 Å². The van der Waals surface area contributed by atoms with E-state index in [-0.39, 0.29) is 21.4 Å². The molecule has 2 aromatic rings. The second-order valence-electron chi connectivity index (χ2n) is 7.08. The van der Waals surface area contributed by atoms with E-state index < -0.39 is 10.0 Å². The molecular weight excluding hydrogens is 398 g/mol. The molecule has 3 rings (SSSR count). The van der Waals surface area contributed by atoms with E-state index in [1.54, 1.807) is 0 Å². The lowest BCUT2D eigenvalue weighted by Gasteiger charge is -2.19. The molecule has 1 unspecified atom stereocenters. The van der Waals surface area contributed by atoms with Crippen LogP contribution in [0.2, 0.25) is 5.02 Å². The fourth-order valence-corrected chi connectivity index (χ4v) is 4.64. The highest BCUT2D eigenvalue weighted by Gasteiger charge is 2.25. The largest absolute Gasteiger partial charge is 0.371 e. The molecule has 1 fully saturated rings. The second-order valence-corrected chi connectivity index (χ2v) is 9.61. The molecule has 1 aliphatic rings. The summed E-state index contributed by atoms with van der Waals surface area (Å²) in [5, 5.41) is 3.02. The van der Waals surface area contributed by atoms with Crippen LogP contribution in [0.5, 0.6) is 0 Å². The molecule has 150 valence electrons. The number of sulfonamides is 1. The fraction of sp³-hybridized carbons (Fsp3) is 0.350. The van der Waals surface area contributed by atoms with E-state index >= 15 is 0 Å². The van der Waals surface area contributed by atoms with E-state index in [1.165, 1.54) is 38.0 Å². The minimum atomic E-state index is -3.72. The van der Waals surface area contributed by atoms with Crippen LogP contribution in [-0.2, 0) is 10.0 Å². The molecule has 0 aliphatic carbocycles. The topological polar surface area (TPSA) is 69.7 Å². The maximum Gasteiger partial charge on any atom is 0.251 e. The molecule has 0 aromatic heterocycles. The van der Waals surface area contributed by atoms with Gasteiger partial charge in [-0.05, 0) is 42.7 Å². The SMILES string of the molecule is CN(C)S(=O)(=O)c1cc(C(=O)NCC2CCN(c3ccccc3)C2)ccc1Cl. The maximum atomic E-state index is 12.5. The highest BCUT2D eigenvalue weighted by Crippen LogP contribution is 2.25. The number of nitrogens with one attached hydrogen (secondary N) is 1. The van der Waals surface area contributed by atoms with Crippen molar-refractivity contribution in [3.63, 3.8) is 0 Å². The van der Waals surface area contributed by atoms with E-state index in [1.807, 2.05) is 18.2 Å². The molecule has 1 atom stereocenters. The Balaban J connectivity index is 1.63. The highest BCUT2D eigenvalue weighted by molar-refractivity contribution is 7.89. The Kier molecular flexibility index (Phi) is 6.27. The van der Waals surface area contributed by atoms with Gasteiger partial charge in [-0.1, -0.05) is 29.8 Å². The fourth-order valence-electron chi connectivity index (χ4n) is 3.25. The number of nitrogens with zero attached hydrogens (tertiary/aromatic N) is 2. The van der Waals surface area contributed by atoms with Crippen LogP contribution in [-0.4, -0.2) is 52.4 Å². The molecule has 0 spiro atoms. The van der Waals surface area contributed by atoms with Gasteiger partial charge < -0.3 is 10.2 Å². The highest BCUT2D eigenvalue weighted by atomic mass is 35.5. The van der Waals surface area contributed by atoms with Crippen molar-refractivity contribution >= 4 is 33.2 Å². The van der Waals surface area contributed by atoms with Gasteiger partial charge in [-0.3, -0.25) is 4.79 Å². The van der Waals surface area contributed by atoms with Crippen LogP contribution < -0.4 is 10.2 Å². The Morgan fingerprint density at radius 3 is 2.61 bits per heavy atom. The van der Waals surface area contributed by atoms with Gasteiger partial charge in [0.2, 0.25) is 10.0 Å². The van der Waals surface area contributed by atoms with Crippen molar-refractivity contribution in [2.75, 3.05) is 38.6 Å². The zero-order chi connectivity index (χ0) is 20.3. The number of carbonyl (C=O) groups excluding carboxylic acids is 1. The molecule has 1 amide bonds. The molecule has 28 heavy (non-hydrogen) atoms. The van der Waals surface area contributed by atoms with Crippen molar-refractivity contribution in [2.24, 2.45) is 5.92 Å². The number of amides is 1. The number of halogens is 1. The van der Waals surface area contributed by atoms with Crippen molar-refractivity contribution in [3.8, 4) is 0 Å². The molecular formula is C20H24ClN3O3S. The second kappa shape index (κ2) is 8.51. The summed E-state index contributed by atoms with van der Waals surface area (Å²) in [6, 6.07) is 14.5. The Labute approximate surface area is 171 Å². The minimum Gasteiger partial charge on any atom is -0.371 e. The summed E-state index contributed by atoms with van der Waals surface area (Å²) in [7, 11) is -0.862. The van der Waals surface area contributed by atoms with Crippen molar-refractivity contribution in [1.82, 2.24) is 9.62 Å². The van der Waals surface area contributed by atoms with Gasteiger partial charge in [-0.25, -0.2) is 12.7 Å². The van der Waals surface area contributed by atoms with Gasteiger partial charge in [0.25, 0.3) is 5.91 Å². The Bertz CT molecular complexity index is 948. The molecule has 0 saturated carbocycles. The summed E-state index contributed by atoms with van der Waals surface area (Å²) in [5.74, 6) is 0.0477. The van der Waals surface area contributed by atoms with Crippen molar-refractivity contribution in [2.45, 2.75) is 11.3 Å². The standard InChI is InChI=1S/C20H24ClN3O3S/c1-23(2)28(26,27)19-12-16(8-9-18(19)21)20(25)22-13-15-10-11-24(14-15)17-6-4-3-5-7-17/h3-9,12,15H,10-11,13-14H2,1-2H3,(H,22,25). The van der Waals surface area contributed by atoms with Crippen LogP contribution in [0.4, 0.5) is 5.69 Å². The molecule has 1 N–H and O–H groups in total. The summed E-state index contributed by atoms with van der Waals surface area (Å²) in [6.45, 7) is 2.38. The van der Waals surface area contributed by atoms with Crippen LogP contribution in [0.15, 0.2) is 53.4 Å². The normalized spacial score (nSPS) is 17.1. The van der Waals surface area contributed by atoms with Crippen LogP contribution in [0.25, 0.3) is 0 Å². The first-order chi connectivity index (χ1) is 13.3. The Morgan fingerprint density at radius 2 is 1.93 bits per heavy atom. The Morgan fingerprint density at radius 1 is 1.21 bits per heavy atom. The number of carbonyl (C=O) groups is 1. The van der Waals surface area contributed by atoms with Gasteiger partial charge in [-0.2, -0.15) is 0 Å². The number of rotatable bonds is 6. The Hall–Kier alpha value is -2.09. The smallest absolute Gasteiger partial charge is 0.251 e. The van der Waals surface area contributed by atoms with Gasteiger partial charge in [0, 0.05) is 45.0 Å². The van der Waals surface area contributed by atoms with E-state index in [4.69, 9.17) is 11.6 Å². The van der Waals surface area contributed by atoms with Gasteiger partial charge in [-0.15, -0.1) is 0 Å². The van der Waals surface area contributed by atoms with E-state index in [0.717, 1.165) is 23.8 Å². The average Bonchev–Trinajstić information content (AvgIpc) is 3.16. The molecule has 8 heteroatoms. The quantitative estimate of drug-likeness (QED) is 0.778. The zero-order valence-corrected chi connectivity index (χ0v) is 17.5. The van der Waals surface area contributed by atoms with Gasteiger partial charge >= 0.3 is 0 Å². The number of hydrogen-bond acceptors (Lipinski definition) is 4. The van der Waals surface area contributed by atoms with Gasteiger partial charge in [0.15, 0.2) is 0 Å². The number of hydrogen-bond donors (Lipinski definition) is 1. The lowest BCUT2D eigenvalue weighted by Crippen LogP contribution is -2.31. The molecule has 1 heterocycles. The third kappa shape index (κ3) is 4.48. The van der Waals surface area contributed by atoms with Crippen LogP contribution >= 0.6 is 11.6 Å². The molecule has 0 bridgehead atoms. The van der Waals surface area contributed by atoms with Crippen LogP contribution in [0, 0.1) is 5.92 Å². The maximum absolute atomic E-state index is 12.5. The third-order valence-corrected chi connectivity index (χ3v) is 7.21.